The van der Waals surface area contributed by atoms with Crippen molar-refractivity contribution in [3.8, 4) is 0 Å². The van der Waals surface area contributed by atoms with Gasteiger partial charge in [0, 0.05) is 0 Å². The van der Waals surface area contributed by atoms with Crippen molar-refractivity contribution in [3.05, 3.63) is 35.9 Å². The van der Waals surface area contributed by atoms with Crippen molar-refractivity contribution in [2.45, 2.75) is 40.0 Å². The summed E-state index contributed by atoms with van der Waals surface area (Å²) in [7, 11) is 0. The molecule has 0 fully saturated rings. The summed E-state index contributed by atoms with van der Waals surface area (Å²) in [5.74, 6) is -0.0612. The maximum absolute atomic E-state index is 12.1. The molecule has 3 N–H and O–H groups in total. The van der Waals surface area contributed by atoms with E-state index in [1.807, 2.05) is 25.1 Å². The highest BCUT2D eigenvalue weighted by molar-refractivity contribution is 5.77. The van der Waals surface area contributed by atoms with Crippen molar-refractivity contribution in [3.63, 3.8) is 0 Å². The second-order valence-electron chi connectivity index (χ2n) is 4.37. The minimum atomic E-state index is -0.364. The molecule has 0 aliphatic heterocycles. The molecule has 0 spiro atoms. The zero-order valence-electron chi connectivity index (χ0n) is 11.7. The summed E-state index contributed by atoms with van der Waals surface area (Å²) in [5.41, 5.74) is 0.835. The number of benzene rings is 1. The molecular weight excluding hydrogens is 226 g/mol. The summed E-state index contributed by atoms with van der Waals surface area (Å²) >= 11 is 0. The van der Waals surface area contributed by atoms with Gasteiger partial charge in [-0.05, 0) is 31.7 Å². The summed E-state index contributed by atoms with van der Waals surface area (Å²) in [6.07, 6.45) is 2.40. The largest absolute Gasteiger partial charge is 0.466 e. The smallest absolute Gasteiger partial charge is 0.312 e. The van der Waals surface area contributed by atoms with Gasteiger partial charge >= 0.3 is 5.97 Å². The van der Waals surface area contributed by atoms with Crippen molar-refractivity contribution in [1.82, 2.24) is 6.15 Å². The number of ether oxygens (including phenoxy) is 1. The summed E-state index contributed by atoms with van der Waals surface area (Å²) in [6, 6.07) is 10.2. The molecular formula is C15H25NO2. The second-order valence-corrected chi connectivity index (χ2v) is 4.37. The predicted molar refractivity (Wildman–Crippen MR) is 74.8 cm³/mol. The minimum Gasteiger partial charge on any atom is -0.466 e. The summed E-state index contributed by atoms with van der Waals surface area (Å²) in [5, 5.41) is 0. The Kier molecular flexibility index (Phi) is 7.29. The first-order valence-electron chi connectivity index (χ1n) is 6.39. The first-order chi connectivity index (χ1) is 8.18. The molecule has 0 aromatic heterocycles. The Balaban J connectivity index is 0.00000289. The third-order valence-electron chi connectivity index (χ3n) is 3.45. The van der Waals surface area contributed by atoms with Crippen LogP contribution in [0.5, 0.6) is 0 Å². The zero-order valence-corrected chi connectivity index (χ0v) is 11.7. The molecule has 0 aliphatic rings. The van der Waals surface area contributed by atoms with Gasteiger partial charge in [-0.25, -0.2) is 0 Å². The molecule has 0 amide bonds. The fourth-order valence-corrected chi connectivity index (χ4v) is 2.13. The van der Waals surface area contributed by atoms with E-state index in [2.05, 4.69) is 26.0 Å². The fourth-order valence-electron chi connectivity index (χ4n) is 2.13. The molecule has 102 valence electrons. The monoisotopic (exact) mass is 251 g/mol. The summed E-state index contributed by atoms with van der Waals surface area (Å²) in [6.45, 7) is 6.43. The maximum Gasteiger partial charge on any atom is 0.312 e. The van der Waals surface area contributed by atoms with Crippen LogP contribution in [0.3, 0.4) is 0 Å². The lowest BCUT2D eigenvalue weighted by atomic mass is 9.77. The Hall–Kier alpha value is -1.35. The normalized spacial score (nSPS) is 10.6. The fraction of sp³-hybridized carbons (Fsp3) is 0.533. The second kappa shape index (κ2) is 7.88. The van der Waals surface area contributed by atoms with Crippen LogP contribution in [0.15, 0.2) is 30.3 Å². The van der Waals surface area contributed by atoms with E-state index in [1.54, 1.807) is 0 Å². The van der Waals surface area contributed by atoms with Crippen LogP contribution in [0.1, 0.15) is 39.2 Å². The van der Waals surface area contributed by atoms with Crippen molar-refractivity contribution in [2.24, 2.45) is 5.41 Å². The van der Waals surface area contributed by atoms with Crippen molar-refractivity contribution in [2.75, 3.05) is 6.61 Å². The predicted octanol–water partition coefficient (Wildman–Crippen LogP) is 3.76. The van der Waals surface area contributed by atoms with Gasteiger partial charge in [0.25, 0.3) is 0 Å². The molecule has 18 heavy (non-hydrogen) atoms. The average molecular weight is 251 g/mol. The Labute approximate surface area is 110 Å². The number of hydrogen-bond donors (Lipinski definition) is 1. The highest BCUT2D eigenvalue weighted by atomic mass is 16.5. The molecule has 0 bridgehead atoms. The van der Waals surface area contributed by atoms with Crippen molar-refractivity contribution >= 4 is 5.97 Å². The van der Waals surface area contributed by atoms with Crippen LogP contribution in [-0.2, 0) is 16.0 Å². The Morgan fingerprint density at radius 1 is 1.11 bits per heavy atom. The molecule has 0 unspecified atom stereocenters. The quantitative estimate of drug-likeness (QED) is 0.783. The van der Waals surface area contributed by atoms with Gasteiger partial charge in [-0.3, -0.25) is 4.79 Å². The van der Waals surface area contributed by atoms with Crippen LogP contribution >= 0.6 is 0 Å². The molecule has 1 aromatic rings. The Morgan fingerprint density at radius 2 is 1.67 bits per heavy atom. The molecule has 1 aromatic carbocycles. The van der Waals surface area contributed by atoms with Gasteiger partial charge in [-0.15, -0.1) is 0 Å². The van der Waals surface area contributed by atoms with Crippen LogP contribution in [0.25, 0.3) is 0 Å². The Morgan fingerprint density at radius 3 is 2.11 bits per heavy atom. The van der Waals surface area contributed by atoms with Gasteiger partial charge in [0.2, 0.25) is 0 Å². The maximum atomic E-state index is 12.1. The Bertz CT molecular complexity index is 345. The molecule has 3 heteroatoms. The van der Waals surface area contributed by atoms with Gasteiger partial charge in [-0.2, -0.15) is 0 Å². The topological polar surface area (TPSA) is 61.3 Å². The van der Waals surface area contributed by atoms with Gasteiger partial charge in [0.15, 0.2) is 0 Å². The van der Waals surface area contributed by atoms with E-state index in [-0.39, 0.29) is 17.5 Å². The third kappa shape index (κ3) is 3.84. The molecule has 3 nitrogen and oxygen atoms in total. The van der Waals surface area contributed by atoms with E-state index in [1.165, 1.54) is 5.56 Å². The standard InChI is InChI=1S/C15H22O2.H3N/c1-4-15(5-2,14(16)17-6-3)12-13-10-8-7-9-11-13;/h7-11H,4-6,12H2,1-3H3;1H3. The molecule has 0 saturated heterocycles. The van der Waals surface area contributed by atoms with Gasteiger partial charge in [0.1, 0.15) is 0 Å². The highest BCUT2D eigenvalue weighted by Gasteiger charge is 2.36. The van der Waals surface area contributed by atoms with Crippen LogP contribution < -0.4 is 6.15 Å². The number of carbonyl (C=O) groups is 1. The van der Waals surface area contributed by atoms with Gasteiger partial charge < -0.3 is 10.9 Å². The van der Waals surface area contributed by atoms with E-state index >= 15 is 0 Å². The number of carbonyl (C=O) groups excluding carboxylic acids is 1. The molecule has 0 atom stereocenters. The van der Waals surface area contributed by atoms with E-state index < -0.39 is 0 Å². The highest BCUT2D eigenvalue weighted by Crippen LogP contribution is 2.32. The van der Waals surface area contributed by atoms with Gasteiger partial charge in [-0.1, -0.05) is 44.2 Å². The SMILES string of the molecule is CCOC(=O)C(CC)(CC)Cc1ccccc1.N. The van der Waals surface area contributed by atoms with Crippen LogP contribution in [0, 0.1) is 5.41 Å². The van der Waals surface area contributed by atoms with E-state index in [4.69, 9.17) is 4.74 Å². The molecule has 1 rings (SSSR count). The van der Waals surface area contributed by atoms with Crippen LogP contribution in [0.2, 0.25) is 0 Å². The molecule has 0 heterocycles. The van der Waals surface area contributed by atoms with Crippen LogP contribution in [-0.4, -0.2) is 12.6 Å². The lowest BCUT2D eigenvalue weighted by molar-refractivity contribution is -0.156. The summed E-state index contributed by atoms with van der Waals surface area (Å²) in [4.78, 5) is 12.1. The van der Waals surface area contributed by atoms with Crippen LogP contribution in [0.4, 0.5) is 0 Å². The van der Waals surface area contributed by atoms with Crippen molar-refractivity contribution in [1.29, 1.82) is 0 Å². The summed E-state index contributed by atoms with van der Waals surface area (Å²) < 4.78 is 5.22. The molecule has 0 aliphatic carbocycles. The first kappa shape index (κ1) is 16.6. The van der Waals surface area contributed by atoms with Crippen molar-refractivity contribution < 1.29 is 9.53 Å². The molecule has 0 saturated carbocycles. The van der Waals surface area contributed by atoms with E-state index in [0.717, 1.165) is 19.3 Å². The average Bonchev–Trinajstić information content (AvgIpc) is 2.37. The molecule has 0 radical (unpaired) electrons. The number of hydrogen-bond acceptors (Lipinski definition) is 3. The number of esters is 1. The first-order valence-corrected chi connectivity index (χ1v) is 6.39. The van der Waals surface area contributed by atoms with E-state index in [0.29, 0.717) is 6.61 Å². The zero-order chi connectivity index (χ0) is 12.7. The van der Waals surface area contributed by atoms with Gasteiger partial charge in [0.05, 0.1) is 12.0 Å². The minimum absolute atomic E-state index is 0. The lowest BCUT2D eigenvalue weighted by Crippen LogP contribution is -2.34. The lowest BCUT2D eigenvalue weighted by Gasteiger charge is -2.29. The number of rotatable bonds is 6. The van der Waals surface area contributed by atoms with E-state index in [9.17, 15) is 4.79 Å². The third-order valence-corrected chi connectivity index (χ3v) is 3.45.